The summed E-state index contributed by atoms with van der Waals surface area (Å²) in [6.07, 6.45) is 7.26. The summed E-state index contributed by atoms with van der Waals surface area (Å²) < 4.78 is 24.9. The topological polar surface area (TPSA) is 99.6 Å². The van der Waals surface area contributed by atoms with E-state index in [2.05, 4.69) is 15.6 Å². The van der Waals surface area contributed by atoms with Crippen molar-refractivity contribution in [1.29, 1.82) is 5.41 Å². The molecule has 3 N–H and O–H groups in total. The smallest absolute Gasteiger partial charge is 0.253 e. The summed E-state index contributed by atoms with van der Waals surface area (Å²) >= 11 is 0. The Morgan fingerprint density at radius 1 is 1.22 bits per heavy atom. The average molecular weight is 492 g/mol. The molecule has 1 atom stereocenters. The largest absolute Gasteiger partial charge is 0.494 e. The minimum absolute atomic E-state index is 0.120. The van der Waals surface area contributed by atoms with Crippen molar-refractivity contribution < 1.29 is 18.7 Å². The maximum atomic E-state index is 14.4. The number of benzene rings is 2. The van der Waals surface area contributed by atoms with Crippen LogP contribution in [0, 0.1) is 11.2 Å². The van der Waals surface area contributed by atoms with E-state index in [1.54, 1.807) is 36.5 Å². The van der Waals surface area contributed by atoms with E-state index < -0.39 is 12.0 Å². The van der Waals surface area contributed by atoms with Crippen LogP contribution < -0.4 is 15.4 Å². The Morgan fingerprint density at radius 3 is 2.75 bits per heavy atom. The van der Waals surface area contributed by atoms with Gasteiger partial charge in [-0.15, -0.1) is 0 Å². The van der Waals surface area contributed by atoms with Crippen LogP contribution in [0.4, 0.5) is 10.2 Å². The van der Waals surface area contributed by atoms with E-state index in [0.29, 0.717) is 17.2 Å². The van der Waals surface area contributed by atoms with Crippen LogP contribution in [-0.4, -0.2) is 55.4 Å². The number of anilines is 1. The Morgan fingerprint density at radius 2 is 2.03 bits per heavy atom. The van der Waals surface area contributed by atoms with Crippen LogP contribution in [0.25, 0.3) is 10.8 Å². The summed E-state index contributed by atoms with van der Waals surface area (Å²) in [5.74, 6) is 0.0373. The van der Waals surface area contributed by atoms with Gasteiger partial charge in [0.25, 0.3) is 5.91 Å². The molecule has 188 valence electrons. The number of hydrogen-bond donors (Lipinski definition) is 3. The van der Waals surface area contributed by atoms with Crippen molar-refractivity contribution in [1.82, 2.24) is 15.2 Å². The number of aromatic nitrogens is 1. The average Bonchev–Trinajstić information content (AvgIpc) is 2.90. The predicted octanol–water partition coefficient (Wildman–Crippen LogP) is 4.50. The van der Waals surface area contributed by atoms with Crippen LogP contribution in [0.5, 0.6) is 5.75 Å². The van der Waals surface area contributed by atoms with E-state index in [9.17, 15) is 9.18 Å². The minimum Gasteiger partial charge on any atom is -0.494 e. The third-order valence-corrected chi connectivity index (χ3v) is 6.14. The summed E-state index contributed by atoms with van der Waals surface area (Å²) in [4.78, 5) is 19.5. The highest BCUT2D eigenvalue weighted by Crippen LogP contribution is 2.25. The second kappa shape index (κ2) is 11.6. The van der Waals surface area contributed by atoms with Crippen LogP contribution in [0.2, 0.25) is 0 Å². The fourth-order valence-corrected chi connectivity index (χ4v) is 4.16. The van der Waals surface area contributed by atoms with E-state index in [-0.39, 0.29) is 11.7 Å². The first kappa shape index (κ1) is 25.1. The first-order chi connectivity index (χ1) is 17.5. The Balaban J connectivity index is 1.58. The predicted molar refractivity (Wildman–Crippen MR) is 138 cm³/mol. The number of fused-ring (bicyclic) bond motifs is 1. The lowest BCUT2D eigenvalue weighted by Gasteiger charge is -2.28. The van der Waals surface area contributed by atoms with Gasteiger partial charge in [0.05, 0.1) is 7.11 Å². The molecule has 1 aliphatic rings. The first-order valence-electron chi connectivity index (χ1n) is 11.8. The fraction of sp³-hybridized carbons (Fsp3) is 0.296. The highest BCUT2D eigenvalue weighted by Gasteiger charge is 2.21. The molecule has 3 aromatic rings. The maximum Gasteiger partial charge on any atom is 0.253 e. The quantitative estimate of drug-likeness (QED) is 0.301. The van der Waals surface area contributed by atoms with E-state index >= 15 is 0 Å². The van der Waals surface area contributed by atoms with Crippen molar-refractivity contribution in [3.63, 3.8) is 0 Å². The number of nitrogens with one attached hydrogen (secondary N) is 3. The van der Waals surface area contributed by atoms with Crippen LogP contribution >= 0.6 is 0 Å². The lowest BCUT2D eigenvalue weighted by Crippen LogP contribution is -2.37. The van der Waals surface area contributed by atoms with E-state index in [0.717, 1.165) is 48.9 Å². The summed E-state index contributed by atoms with van der Waals surface area (Å²) in [6, 6.07) is 12.2. The van der Waals surface area contributed by atoms with Gasteiger partial charge in [-0.25, -0.2) is 9.37 Å². The number of rotatable bonds is 9. The molecule has 2 heterocycles. The van der Waals surface area contributed by atoms with E-state index in [4.69, 9.17) is 14.9 Å². The number of amides is 1. The van der Waals surface area contributed by atoms with Crippen molar-refractivity contribution in [2.75, 3.05) is 32.7 Å². The number of allylic oxidation sites excluding steroid dienone is 1. The number of carbonyl (C=O) groups excluding carboxylic acids is 1. The Hall–Kier alpha value is -3.98. The van der Waals surface area contributed by atoms with Gasteiger partial charge in [0.2, 0.25) is 0 Å². The molecule has 0 radical (unpaired) electrons. The zero-order valence-electron chi connectivity index (χ0n) is 20.3. The SMILES string of the molecule is COc1ccc(C(NC(=O)c2ccc3cnc(NC4CCOCC4)cc3c2)N(C)C=CC=N)cc1F. The second-order valence-corrected chi connectivity index (χ2v) is 8.61. The van der Waals surface area contributed by atoms with Crippen LogP contribution in [0.15, 0.2) is 60.9 Å². The Labute approximate surface area is 209 Å². The summed E-state index contributed by atoms with van der Waals surface area (Å²) in [7, 11) is 3.14. The van der Waals surface area contributed by atoms with Gasteiger partial charge in [-0.3, -0.25) is 4.79 Å². The fourth-order valence-electron chi connectivity index (χ4n) is 4.16. The molecule has 1 amide bonds. The summed E-state index contributed by atoms with van der Waals surface area (Å²) in [5, 5.41) is 15.5. The van der Waals surface area contributed by atoms with Gasteiger partial charge in [-0.05, 0) is 60.2 Å². The van der Waals surface area contributed by atoms with Crippen molar-refractivity contribution in [2.45, 2.75) is 25.0 Å². The van der Waals surface area contributed by atoms with E-state index in [1.165, 1.54) is 25.3 Å². The van der Waals surface area contributed by atoms with Crippen molar-refractivity contribution >= 4 is 28.7 Å². The van der Waals surface area contributed by atoms with Crippen LogP contribution in [0.1, 0.15) is 34.9 Å². The molecular weight excluding hydrogens is 461 g/mol. The number of pyridine rings is 1. The molecule has 1 saturated heterocycles. The standard InChI is InChI=1S/C27H30FN5O3/c1-33(11-3-10-29)26(18-6-7-24(35-2)23(28)15-18)32-27(34)19-4-5-20-17-30-25(16-21(20)14-19)31-22-8-12-36-13-9-22/h3-7,10-11,14-17,22,26,29H,8-9,12-13H2,1-2H3,(H,30,31)(H,32,34). The first-order valence-corrected chi connectivity index (χ1v) is 11.8. The van der Waals surface area contributed by atoms with Gasteiger partial charge >= 0.3 is 0 Å². The highest BCUT2D eigenvalue weighted by atomic mass is 19.1. The molecule has 1 aliphatic heterocycles. The monoisotopic (exact) mass is 491 g/mol. The number of ether oxygens (including phenoxy) is 2. The third kappa shape index (κ3) is 5.98. The Kier molecular flexibility index (Phi) is 8.12. The van der Waals surface area contributed by atoms with Gasteiger partial charge < -0.3 is 30.4 Å². The Bertz CT molecular complexity index is 1260. The number of hydrogen-bond acceptors (Lipinski definition) is 7. The molecule has 8 nitrogen and oxygen atoms in total. The minimum atomic E-state index is -0.673. The normalized spacial score (nSPS) is 15.0. The molecule has 4 rings (SSSR count). The zero-order chi connectivity index (χ0) is 25.5. The summed E-state index contributed by atoms with van der Waals surface area (Å²) in [5.41, 5.74) is 1.00. The number of carbonyl (C=O) groups is 1. The molecule has 0 aliphatic carbocycles. The molecule has 0 saturated carbocycles. The van der Waals surface area contributed by atoms with Crippen molar-refractivity contribution in [3.05, 3.63) is 77.9 Å². The lowest BCUT2D eigenvalue weighted by atomic mass is 10.1. The molecule has 1 unspecified atom stereocenters. The van der Waals surface area contributed by atoms with Gasteiger partial charge in [0.15, 0.2) is 11.6 Å². The zero-order valence-corrected chi connectivity index (χ0v) is 20.3. The van der Waals surface area contributed by atoms with Gasteiger partial charge in [0.1, 0.15) is 12.0 Å². The molecule has 1 aromatic heterocycles. The molecule has 1 fully saturated rings. The molecule has 9 heteroatoms. The van der Waals surface area contributed by atoms with Crippen molar-refractivity contribution in [2.24, 2.45) is 0 Å². The van der Waals surface area contributed by atoms with Gasteiger partial charge in [-0.1, -0.05) is 12.1 Å². The molecule has 0 spiro atoms. The number of methoxy groups -OCH3 is 1. The molecule has 36 heavy (non-hydrogen) atoms. The number of nitrogens with zero attached hydrogens (tertiary/aromatic N) is 2. The molecule has 2 aromatic carbocycles. The van der Waals surface area contributed by atoms with E-state index in [1.807, 2.05) is 18.2 Å². The summed E-state index contributed by atoms with van der Waals surface area (Å²) in [6.45, 7) is 1.47. The number of halogens is 1. The van der Waals surface area contributed by atoms with Crippen LogP contribution in [-0.2, 0) is 4.74 Å². The van der Waals surface area contributed by atoms with Gasteiger partial charge in [0, 0.05) is 55.9 Å². The molecular formula is C27H30FN5O3. The highest BCUT2D eigenvalue weighted by molar-refractivity contribution is 5.99. The lowest BCUT2D eigenvalue weighted by molar-refractivity contribution is 0.0897. The maximum absolute atomic E-state index is 14.4. The second-order valence-electron chi connectivity index (χ2n) is 8.61. The van der Waals surface area contributed by atoms with Crippen LogP contribution in [0.3, 0.4) is 0 Å². The van der Waals surface area contributed by atoms with Gasteiger partial charge in [-0.2, -0.15) is 0 Å². The molecule has 0 bridgehead atoms. The van der Waals surface area contributed by atoms with Crippen molar-refractivity contribution in [3.8, 4) is 5.75 Å². The third-order valence-electron chi connectivity index (χ3n) is 6.14.